The molecule has 0 saturated heterocycles. The lowest BCUT2D eigenvalue weighted by molar-refractivity contribution is 1.28. The Hall–Kier alpha value is -0.480. The van der Waals surface area contributed by atoms with Crippen LogP contribution in [-0.4, -0.2) is 0 Å². The van der Waals surface area contributed by atoms with Crippen LogP contribution in [0.2, 0.25) is 0 Å². The van der Waals surface area contributed by atoms with Crippen LogP contribution < -0.4 is 6.15 Å². The summed E-state index contributed by atoms with van der Waals surface area (Å²) in [6.45, 7) is 1.94. The highest BCUT2D eigenvalue weighted by atomic mass is 14.0. The van der Waals surface area contributed by atoms with E-state index in [2.05, 4.69) is 5.92 Å². The molecule has 27 valence electrons. The van der Waals surface area contributed by atoms with Crippen molar-refractivity contribution in [2.24, 2.45) is 0 Å². The summed E-state index contributed by atoms with van der Waals surface area (Å²) in [6, 6.07) is 0. The van der Waals surface area contributed by atoms with Gasteiger partial charge in [0, 0.05) is 12.6 Å². The van der Waals surface area contributed by atoms with E-state index in [9.17, 15) is 0 Å². The van der Waals surface area contributed by atoms with Gasteiger partial charge in [-0.1, -0.05) is 6.92 Å². The number of terminal acetylenes is 1. The van der Waals surface area contributed by atoms with Gasteiger partial charge in [0.2, 0.25) is 0 Å². The molecule has 0 aromatic rings. The average molecular weight is 68.1 g/mol. The monoisotopic (exact) mass is 68.1 g/mol. The Kier molecular flexibility index (Phi) is 17.1. The second-order valence-corrected chi connectivity index (χ2v) is 0.558. The van der Waals surface area contributed by atoms with E-state index in [0.717, 1.165) is 6.42 Å². The van der Waals surface area contributed by atoms with Crippen LogP contribution >= 0.6 is 0 Å². The van der Waals surface area contributed by atoms with Crippen molar-refractivity contribution in [2.45, 2.75) is 13.3 Å². The third-order valence-electron chi connectivity index (χ3n) is 0.204. The SMILES string of the molecule is C#CCC.[N]. The minimum Gasteiger partial charge on any atom is -0.120 e. The van der Waals surface area contributed by atoms with Gasteiger partial charge in [-0.05, 0) is 0 Å². The van der Waals surface area contributed by atoms with Gasteiger partial charge in [-0.25, -0.2) is 0 Å². The smallest absolute Gasteiger partial charge is 0.00576 e. The number of hydrogen-bond donors (Lipinski definition) is 0. The first-order chi connectivity index (χ1) is 1.91. The van der Waals surface area contributed by atoms with Crippen molar-refractivity contribution in [3.63, 3.8) is 0 Å². The van der Waals surface area contributed by atoms with E-state index >= 15 is 0 Å². The van der Waals surface area contributed by atoms with E-state index in [4.69, 9.17) is 6.42 Å². The molecule has 0 aromatic carbocycles. The fraction of sp³-hybridized carbons (Fsp3) is 0.500. The van der Waals surface area contributed by atoms with Gasteiger partial charge in [-0.15, -0.1) is 12.3 Å². The summed E-state index contributed by atoms with van der Waals surface area (Å²) >= 11 is 0. The van der Waals surface area contributed by atoms with Crippen molar-refractivity contribution in [3.05, 3.63) is 0 Å². The molecule has 0 fully saturated rings. The van der Waals surface area contributed by atoms with Gasteiger partial charge in [0.25, 0.3) is 0 Å². The predicted molar refractivity (Wildman–Crippen MR) is 21.3 cm³/mol. The van der Waals surface area contributed by atoms with Gasteiger partial charge >= 0.3 is 0 Å². The average Bonchev–Trinajstić information content (AvgIpc) is 1.37. The normalized spacial score (nSPS) is 4.00. The summed E-state index contributed by atoms with van der Waals surface area (Å²) in [5, 5.41) is 0. The molecule has 0 amide bonds. The van der Waals surface area contributed by atoms with Crippen molar-refractivity contribution in [3.8, 4) is 12.3 Å². The summed E-state index contributed by atoms with van der Waals surface area (Å²) < 4.78 is 0. The molecule has 0 rings (SSSR count). The molecule has 0 aliphatic rings. The van der Waals surface area contributed by atoms with Gasteiger partial charge in [-0.2, -0.15) is 0 Å². The van der Waals surface area contributed by atoms with E-state index in [1.807, 2.05) is 6.92 Å². The van der Waals surface area contributed by atoms with E-state index in [1.54, 1.807) is 0 Å². The van der Waals surface area contributed by atoms with Crippen LogP contribution in [0.5, 0.6) is 0 Å². The lowest BCUT2D eigenvalue weighted by Crippen LogP contribution is -1.38. The van der Waals surface area contributed by atoms with Crippen molar-refractivity contribution in [2.75, 3.05) is 0 Å². The van der Waals surface area contributed by atoms with E-state index in [0.29, 0.717) is 0 Å². The minimum atomic E-state index is 0. The Bertz CT molecular complexity index is 33.4. The molecule has 1 nitrogen and oxygen atoms in total. The highest BCUT2D eigenvalue weighted by Crippen LogP contribution is 1.58. The maximum absolute atomic E-state index is 4.78. The van der Waals surface area contributed by atoms with E-state index < -0.39 is 0 Å². The topological polar surface area (TPSA) is 30.5 Å². The van der Waals surface area contributed by atoms with Crippen LogP contribution in [0.3, 0.4) is 0 Å². The zero-order chi connectivity index (χ0) is 3.41. The van der Waals surface area contributed by atoms with Crippen LogP contribution in [-0.2, 0) is 0 Å². The molecule has 0 bridgehead atoms. The van der Waals surface area contributed by atoms with Crippen LogP contribution in [0.25, 0.3) is 0 Å². The van der Waals surface area contributed by atoms with Gasteiger partial charge in [-0.3, -0.25) is 0 Å². The molecule has 0 atom stereocenters. The Morgan fingerprint density at radius 3 is 2.00 bits per heavy atom. The van der Waals surface area contributed by atoms with Gasteiger partial charge < -0.3 is 0 Å². The number of rotatable bonds is 0. The lowest BCUT2D eigenvalue weighted by atomic mass is 10.5. The molecule has 5 heavy (non-hydrogen) atoms. The minimum absolute atomic E-state index is 0. The van der Waals surface area contributed by atoms with Crippen molar-refractivity contribution >= 4 is 0 Å². The molecule has 0 heterocycles. The molecule has 0 N–H and O–H groups in total. The summed E-state index contributed by atoms with van der Waals surface area (Å²) in [5.41, 5.74) is 0. The van der Waals surface area contributed by atoms with Gasteiger partial charge in [0.15, 0.2) is 0 Å². The first kappa shape index (κ1) is 8.82. The molecule has 3 radical (unpaired) electrons. The molecule has 1 heteroatoms. The quantitative estimate of drug-likeness (QED) is 0.371. The molecule has 0 unspecified atom stereocenters. The molecular weight excluding hydrogens is 62.1 g/mol. The summed E-state index contributed by atoms with van der Waals surface area (Å²) in [5.74, 6) is 2.43. The molecular formula is C4H6N. The molecule has 0 aliphatic heterocycles. The zero-order valence-electron chi connectivity index (χ0n) is 3.23. The largest absolute Gasteiger partial charge is 0.120 e. The van der Waals surface area contributed by atoms with Crippen LogP contribution in [0.15, 0.2) is 0 Å². The fourth-order valence-corrected chi connectivity index (χ4v) is 0. The third-order valence-corrected chi connectivity index (χ3v) is 0.204. The summed E-state index contributed by atoms with van der Waals surface area (Å²) in [7, 11) is 0. The second-order valence-electron chi connectivity index (χ2n) is 0.558. The maximum Gasteiger partial charge on any atom is 0.00576 e. The third kappa shape index (κ3) is 30.1. The molecule has 0 saturated carbocycles. The molecule has 0 spiro atoms. The van der Waals surface area contributed by atoms with Crippen molar-refractivity contribution < 1.29 is 0 Å². The van der Waals surface area contributed by atoms with Crippen LogP contribution in [0.4, 0.5) is 0 Å². The van der Waals surface area contributed by atoms with Crippen molar-refractivity contribution in [1.82, 2.24) is 6.15 Å². The number of hydrogen-bond acceptors (Lipinski definition) is 0. The standard InChI is InChI=1S/C4H6.N/c1-3-4-2;/h1H,4H2,2H3;. The Labute approximate surface area is 33.0 Å². The Balaban J connectivity index is 0. The van der Waals surface area contributed by atoms with E-state index in [1.165, 1.54) is 0 Å². The van der Waals surface area contributed by atoms with Crippen molar-refractivity contribution in [1.29, 1.82) is 0 Å². The van der Waals surface area contributed by atoms with Gasteiger partial charge in [0.1, 0.15) is 0 Å². The molecule has 0 aromatic heterocycles. The Morgan fingerprint density at radius 2 is 2.00 bits per heavy atom. The first-order valence-corrected chi connectivity index (χ1v) is 1.35. The summed E-state index contributed by atoms with van der Waals surface area (Å²) in [4.78, 5) is 0. The van der Waals surface area contributed by atoms with Crippen LogP contribution in [0, 0.1) is 12.3 Å². The Morgan fingerprint density at radius 1 is 1.80 bits per heavy atom. The second kappa shape index (κ2) is 9.68. The van der Waals surface area contributed by atoms with Crippen LogP contribution in [0.1, 0.15) is 13.3 Å². The molecule has 0 aliphatic carbocycles. The highest BCUT2D eigenvalue weighted by Gasteiger charge is 1.43. The van der Waals surface area contributed by atoms with E-state index in [-0.39, 0.29) is 6.15 Å². The lowest BCUT2D eigenvalue weighted by Gasteiger charge is -1.52. The zero-order valence-corrected chi connectivity index (χ0v) is 3.23. The first-order valence-electron chi connectivity index (χ1n) is 1.35. The fourth-order valence-electron chi connectivity index (χ4n) is 0. The maximum atomic E-state index is 4.78. The highest BCUT2D eigenvalue weighted by molar-refractivity contribution is 4.80. The predicted octanol–water partition coefficient (Wildman–Crippen LogP) is 0.549. The van der Waals surface area contributed by atoms with Gasteiger partial charge in [0.05, 0.1) is 0 Å². The number of nitrogens with zero attached hydrogens (tertiary/aromatic N) is 1. The summed E-state index contributed by atoms with van der Waals surface area (Å²) in [6.07, 6.45) is 5.62.